The predicted octanol–water partition coefficient (Wildman–Crippen LogP) is -0.306. The molecule has 1 unspecified atom stereocenters. The summed E-state index contributed by atoms with van der Waals surface area (Å²) in [5.41, 5.74) is 4.95. The van der Waals surface area contributed by atoms with Crippen molar-refractivity contribution in [2.45, 2.75) is 38.8 Å². The van der Waals surface area contributed by atoms with Gasteiger partial charge in [-0.2, -0.15) is 0 Å². The maximum Gasteiger partial charge on any atom is 0.253 e. The van der Waals surface area contributed by atoms with Crippen molar-refractivity contribution < 1.29 is 14.7 Å². The third-order valence-electron chi connectivity index (χ3n) is 1.83. The van der Waals surface area contributed by atoms with Gasteiger partial charge in [-0.15, -0.1) is 0 Å². The summed E-state index contributed by atoms with van der Waals surface area (Å²) in [5, 5.41) is 11.6. The normalized spacial score (nSPS) is 14.9. The zero-order valence-electron chi connectivity index (χ0n) is 9.06. The minimum absolute atomic E-state index is 0.617. The molecule has 0 fully saturated rings. The van der Waals surface area contributed by atoms with Gasteiger partial charge in [-0.1, -0.05) is 25.5 Å². The van der Waals surface area contributed by atoms with Crippen molar-refractivity contribution in [3.8, 4) is 0 Å². The minimum Gasteiger partial charge on any atom is -0.379 e. The number of rotatable bonds is 6. The molecule has 0 saturated heterocycles. The molecular formula is C10H18N2O3. The molecule has 86 valence electrons. The van der Waals surface area contributed by atoms with Crippen LogP contribution in [0.5, 0.6) is 0 Å². The zero-order valence-corrected chi connectivity index (χ0v) is 9.06. The van der Waals surface area contributed by atoms with Crippen molar-refractivity contribution >= 4 is 11.8 Å². The number of unbranched alkanes of at least 4 members (excludes halogenated alkanes) is 1. The summed E-state index contributed by atoms with van der Waals surface area (Å²) in [6.07, 6.45) is 3.64. The average Bonchev–Trinajstić information content (AvgIpc) is 2.17. The number of aliphatic hydroxyl groups excluding tert-OH is 1. The van der Waals surface area contributed by atoms with E-state index in [0.29, 0.717) is 0 Å². The number of aliphatic hydroxyl groups is 1. The lowest BCUT2D eigenvalue weighted by Crippen LogP contribution is -2.45. The molecule has 0 saturated carbocycles. The number of hydrogen-bond acceptors (Lipinski definition) is 3. The Labute approximate surface area is 89.3 Å². The molecule has 0 spiro atoms. The van der Waals surface area contributed by atoms with Gasteiger partial charge >= 0.3 is 0 Å². The molecule has 0 radical (unpaired) electrons. The summed E-state index contributed by atoms with van der Waals surface area (Å²) in [6.45, 7) is 3.45. The molecule has 0 aliphatic carbocycles. The molecule has 5 heteroatoms. The summed E-state index contributed by atoms with van der Waals surface area (Å²) in [6, 6.07) is -0.772. The van der Waals surface area contributed by atoms with Crippen molar-refractivity contribution in [1.82, 2.24) is 5.32 Å². The SMILES string of the molecule is CCC/C=C/C(O)C(=O)N[C@@H](C)C(N)=O. The zero-order chi connectivity index (χ0) is 11.8. The summed E-state index contributed by atoms with van der Waals surface area (Å²) in [4.78, 5) is 21.9. The van der Waals surface area contributed by atoms with Gasteiger partial charge in [0.15, 0.2) is 6.10 Å². The smallest absolute Gasteiger partial charge is 0.253 e. The summed E-state index contributed by atoms with van der Waals surface area (Å²) < 4.78 is 0. The highest BCUT2D eigenvalue weighted by Crippen LogP contribution is 1.93. The second-order valence-corrected chi connectivity index (χ2v) is 3.29. The maximum absolute atomic E-state index is 11.2. The first-order chi connectivity index (χ1) is 6.99. The van der Waals surface area contributed by atoms with Gasteiger partial charge in [-0.3, -0.25) is 9.59 Å². The lowest BCUT2D eigenvalue weighted by atomic mass is 10.2. The Morgan fingerprint density at radius 1 is 1.53 bits per heavy atom. The largest absolute Gasteiger partial charge is 0.379 e. The van der Waals surface area contributed by atoms with Gasteiger partial charge in [-0.05, 0) is 13.3 Å². The molecule has 0 aliphatic heterocycles. The van der Waals surface area contributed by atoms with Crippen LogP contribution in [-0.2, 0) is 9.59 Å². The monoisotopic (exact) mass is 214 g/mol. The van der Waals surface area contributed by atoms with Gasteiger partial charge in [0.05, 0.1) is 0 Å². The second kappa shape index (κ2) is 7.00. The van der Waals surface area contributed by atoms with E-state index in [9.17, 15) is 14.7 Å². The van der Waals surface area contributed by atoms with Crippen molar-refractivity contribution in [3.63, 3.8) is 0 Å². The van der Waals surface area contributed by atoms with Crippen LogP contribution in [0, 0.1) is 0 Å². The predicted molar refractivity (Wildman–Crippen MR) is 56.9 cm³/mol. The van der Waals surface area contributed by atoms with Crippen LogP contribution in [0.15, 0.2) is 12.2 Å². The molecule has 0 heterocycles. The van der Waals surface area contributed by atoms with Crippen molar-refractivity contribution in [1.29, 1.82) is 0 Å². The lowest BCUT2D eigenvalue weighted by Gasteiger charge is -2.11. The number of primary amides is 1. The average molecular weight is 214 g/mol. The highest BCUT2D eigenvalue weighted by molar-refractivity contribution is 5.88. The molecule has 15 heavy (non-hydrogen) atoms. The van der Waals surface area contributed by atoms with Crippen LogP contribution >= 0.6 is 0 Å². The fraction of sp³-hybridized carbons (Fsp3) is 0.600. The third kappa shape index (κ3) is 5.85. The number of carbonyl (C=O) groups is 2. The Kier molecular flexibility index (Phi) is 6.37. The van der Waals surface area contributed by atoms with E-state index in [1.54, 1.807) is 6.08 Å². The van der Waals surface area contributed by atoms with Crippen molar-refractivity contribution in [2.75, 3.05) is 0 Å². The van der Waals surface area contributed by atoms with Crippen LogP contribution in [0.2, 0.25) is 0 Å². The quantitative estimate of drug-likeness (QED) is 0.530. The Bertz CT molecular complexity index is 251. The van der Waals surface area contributed by atoms with Gasteiger partial charge in [0, 0.05) is 0 Å². The van der Waals surface area contributed by atoms with Crippen LogP contribution in [-0.4, -0.2) is 29.1 Å². The molecule has 0 bridgehead atoms. The molecule has 4 N–H and O–H groups in total. The molecule has 0 rings (SSSR count). The van der Waals surface area contributed by atoms with Crippen LogP contribution < -0.4 is 11.1 Å². The molecule has 0 aliphatic rings. The van der Waals surface area contributed by atoms with Gasteiger partial charge in [0.1, 0.15) is 6.04 Å². The molecule has 0 aromatic rings. The molecule has 5 nitrogen and oxygen atoms in total. The van der Waals surface area contributed by atoms with Crippen LogP contribution in [0.4, 0.5) is 0 Å². The molecule has 2 atom stereocenters. The Balaban J connectivity index is 4.04. The number of carbonyl (C=O) groups excluding carboxylic acids is 2. The van der Waals surface area contributed by atoms with E-state index < -0.39 is 24.0 Å². The Hall–Kier alpha value is -1.36. The first-order valence-electron chi connectivity index (χ1n) is 4.93. The first-order valence-corrected chi connectivity index (χ1v) is 4.93. The standard InChI is InChI=1S/C10H18N2O3/c1-3-4-5-6-8(13)10(15)12-7(2)9(11)14/h5-8,13H,3-4H2,1-2H3,(H2,11,14)(H,12,15)/b6-5+/t7-,8?/m0/s1. The second-order valence-electron chi connectivity index (χ2n) is 3.29. The maximum atomic E-state index is 11.2. The van der Waals surface area contributed by atoms with E-state index >= 15 is 0 Å². The summed E-state index contributed by atoms with van der Waals surface area (Å²) >= 11 is 0. The molecular weight excluding hydrogens is 196 g/mol. The number of amides is 2. The van der Waals surface area contributed by atoms with Gasteiger partial charge < -0.3 is 16.2 Å². The van der Waals surface area contributed by atoms with Crippen molar-refractivity contribution in [2.24, 2.45) is 5.73 Å². The fourth-order valence-electron chi connectivity index (χ4n) is 0.849. The number of allylic oxidation sites excluding steroid dienone is 1. The van der Waals surface area contributed by atoms with Crippen LogP contribution in [0.1, 0.15) is 26.7 Å². The van der Waals surface area contributed by atoms with Gasteiger partial charge in [-0.25, -0.2) is 0 Å². The molecule has 0 aromatic carbocycles. The fourth-order valence-corrected chi connectivity index (χ4v) is 0.849. The Morgan fingerprint density at radius 3 is 2.60 bits per heavy atom. The van der Waals surface area contributed by atoms with E-state index in [2.05, 4.69) is 5.32 Å². The topological polar surface area (TPSA) is 92.4 Å². The molecule has 2 amide bonds. The highest BCUT2D eigenvalue weighted by atomic mass is 16.3. The van der Waals surface area contributed by atoms with E-state index in [1.165, 1.54) is 13.0 Å². The van der Waals surface area contributed by atoms with Crippen LogP contribution in [0.25, 0.3) is 0 Å². The van der Waals surface area contributed by atoms with E-state index in [4.69, 9.17) is 5.73 Å². The highest BCUT2D eigenvalue weighted by Gasteiger charge is 2.16. The van der Waals surface area contributed by atoms with E-state index in [1.807, 2.05) is 6.92 Å². The first kappa shape index (κ1) is 13.6. The van der Waals surface area contributed by atoms with Crippen molar-refractivity contribution in [3.05, 3.63) is 12.2 Å². The summed E-state index contributed by atoms with van der Waals surface area (Å²) in [7, 11) is 0. The van der Waals surface area contributed by atoms with E-state index in [0.717, 1.165) is 12.8 Å². The Morgan fingerprint density at radius 2 is 2.13 bits per heavy atom. The lowest BCUT2D eigenvalue weighted by molar-refractivity contribution is -0.131. The van der Waals surface area contributed by atoms with Gasteiger partial charge in [0.2, 0.25) is 5.91 Å². The number of nitrogens with two attached hydrogens (primary N) is 1. The van der Waals surface area contributed by atoms with Gasteiger partial charge in [0.25, 0.3) is 5.91 Å². The van der Waals surface area contributed by atoms with E-state index in [-0.39, 0.29) is 0 Å². The van der Waals surface area contributed by atoms with Crippen LogP contribution in [0.3, 0.4) is 0 Å². The number of hydrogen-bond donors (Lipinski definition) is 3. The third-order valence-corrected chi connectivity index (χ3v) is 1.83. The molecule has 0 aromatic heterocycles. The summed E-state index contributed by atoms with van der Waals surface area (Å²) in [5.74, 6) is -1.25. The minimum atomic E-state index is -1.22. The number of nitrogens with one attached hydrogen (secondary N) is 1.